The molecule has 1 heterocycles. The molecule has 0 spiro atoms. The lowest BCUT2D eigenvalue weighted by Crippen LogP contribution is -2.52. The second-order valence-corrected chi connectivity index (χ2v) is 11.2. The van der Waals surface area contributed by atoms with Gasteiger partial charge in [0, 0.05) is 43.5 Å². The Morgan fingerprint density at radius 1 is 1.00 bits per heavy atom. The van der Waals surface area contributed by atoms with Gasteiger partial charge in [0.25, 0.3) is 0 Å². The van der Waals surface area contributed by atoms with E-state index in [-0.39, 0.29) is 18.2 Å². The average molecular weight is 530 g/mol. The molecule has 7 nitrogen and oxygen atoms in total. The third-order valence-corrected chi connectivity index (χ3v) is 8.51. The van der Waals surface area contributed by atoms with Gasteiger partial charge in [-0.25, -0.2) is 4.39 Å². The van der Waals surface area contributed by atoms with E-state index in [1.54, 1.807) is 18.9 Å². The van der Waals surface area contributed by atoms with Crippen LogP contribution in [-0.2, 0) is 15.1 Å². The maximum atomic E-state index is 13.5. The van der Waals surface area contributed by atoms with Gasteiger partial charge >= 0.3 is 0 Å². The van der Waals surface area contributed by atoms with Gasteiger partial charge in [0.2, 0.25) is 11.8 Å². The van der Waals surface area contributed by atoms with Gasteiger partial charge in [-0.05, 0) is 30.0 Å². The molecule has 2 fully saturated rings. The third kappa shape index (κ3) is 5.57. The number of alkyl halides is 1. The maximum Gasteiger partial charge on any atom is 0.227 e. The molecule has 3 aromatic rings. The monoisotopic (exact) mass is 529 g/mol. The van der Waals surface area contributed by atoms with E-state index in [2.05, 4.69) is 15.5 Å². The molecule has 2 aliphatic carbocycles. The van der Waals surface area contributed by atoms with Crippen LogP contribution in [-0.4, -0.2) is 45.7 Å². The summed E-state index contributed by atoms with van der Waals surface area (Å²) in [6, 6.07) is 19.4. The number of carbonyl (C=O) groups is 2. The molecule has 8 heteroatoms. The van der Waals surface area contributed by atoms with Gasteiger partial charge < -0.3 is 16.0 Å². The Kier molecular flexibility index (Phi) is 7.49. The van der Waals surface area contributed by atoms with Crippen molar-refractivity contribution in [3.63, 3.8) is 0 Å². The van der Waals surface area contributed by atoms with Gasteiger partial charge in [-0.3, -0.25) is 9.59 Å². The van der Waals surface area contributed by atoms with Crippen LogP contribution in [0.5, 0.6) is 0 Å². The molecule has 1 aromatic heterocycles. The molecule has 0 unspecified atom stereocenters. The highest BCUT2D eigenvalue weighted by molar-refractivity contribution is 5.92. The highest BCUT2D eigenvalue weighted by Gasteiger charge is 2.42. The van der Waals surface area contributed by atoms with E-state index in [0.29, 0.717) is 24.4 Å². The van der Waals surface area contributed by atoms with Crippen molar-refractivity contribution in [1.29, 1.82) is 0 Å². The van der Waals surface area contributed by atoms with Crippen LogP contribution >= 0.6 is 0 Å². The molecule has 0 saturated heterocycles. The number of hydrogen-bond acceptors (Lipinski definition) is 5. The first kappa shape index (κ1) is 26.9. The minimum absolute atomic E-state index is 0.0337. The molecule has 0 aliphatic heterocycles. The second kappa shape index (κ2) is 10.8. The van der Waals surface area contributed by atoms with Crippen LogP contribution in [0.3, 0.4) is 0 Å². The number of halogens is 1. The summed E-state index contributed by atoms with van der Waals surface area (Å²) in [6.45, 7) is 1.55. The molecule has 204 valence electrons. The third-order valence-electron chi connectivity index (χ3n) is 8.51. The van der Waals surface area contributed by atoms with E-state index in [4.69, 9.17) is 5.73 Å². The minimum atomic E-state index is -0.844. The van der Waals surface area contributed by atoms with E-state index in [0.717, 1.165) is 54.4 Å². The number of benzene rings is 2. The van der Waals surface area contributed by atoms with Crippen molar-refractivity contribution in [1.82, 2.24) is 15.1 Å². The van der Waals surface area contributed by atoms with Crippen molar-refractivity contribution in [3.8, 4) is 22.4 Å². The number of nitrogens with one attached hydrogen (secondary N) is 1. The SMILES string of the molecule is CC(=O)N(C)C1(CC(=O)Nc2cc(-c3ccccc3)c(-c3ccc(C4(N)CC(F)C4)cc3)nn2)CCCCC1. The highest BCUT2D eigenvalue weighted by atomic mass is 19.1. The van der Waals surface area contributed by atoms with Crippen LogP contribution < -0.4 is 11.1 Å². The molecule has 39 heavy (non-hydrogen) atoms. The zero-order valence-corrected chi connectivity index (χ0v) is 22.6. The fourth-order valence-electron chi connectivity index (χ4n) is 6.09. The summed E-state index contributed by atoms with van der Waals surface area (Å²) in [7, 11) is 1.79. The van der Waals surface area contributed by atoms with Gasteiger partial charge in [0.1, 0.15) is 11.9 Å². The molecule has 3 N–H and O–H groups in total. The van der Waals surface area contributed by atoms with E-state index in [1.807, 2.05) is 60.7 Å². The largest absolute Gasteiger partial charge is 0.340 e. The van der Waals surface area contributed by atoms with Crippen molar-refractivity contribution in [2.45, 2.75) is 75.5 Å². The van der Waals surface area contributed by atoms with Crippen molar-refractivity contribution < 1.29 is 14.0 Å². The Balaban J connectivity index is 1.41. The number of amides is 2. The predicted octanol–water partition coefficient (Wildman–Crippen LogP) is 5.61. The lowest BCUT2D eigenvalue weighted by molar-refractivity contribution is -0.136. The molecule has 0 atom stereocenters. The Hall–Kier alpha value is -3.65. The number of nitrogens with zero attached hydrogens (tertiary/aromatic N) is 3. The van der Waals surface area contributed by atoms with E-state index in [1.165, 1.54) is 0 Å². The second-order valence-electron chi connectivity index (χ2n) is 11.2. The molecule has 5 rings (SSSR count). The van der Waals surface area contributed by atoms with Gasteiger partial charge in [-0.2, -0.15) is 0 Å². The Labute approximate surface area is 229 Å². The van der Waals surface area contributed by atoms with E-state index >= 15 is 0 Å². The lowest BCUT2D eigenvalue weighted by atomic mass is 9.71. The van der Waals surface area contributed by atoms with E-state index < -0.39 is 17.2 Å². The molecular formula is C31H36FN5O2. The summed E-state index contributed by atoms with van der Waals surface area (Å²) in [5, 5.41) is 11.8. The van der Waals surface area contributed by atoms with Crippen LogP contribution in [0, 0.1) is 0 Å². The molecular weight excluding hydrogens is 493 g/mol. The number of rotatable bonds is 7. The Morgan fingerprint density at radius 2 is 1.67 bits per heavy atom. The lowest BCUT2D eigenvalue weighted by Gasteiger charge is -2.44. The van der Waals surface area contributed by atoms with Gasteiger partial charge in [0.05, 0.1) is 12.0 Å². The standard InChI is InChI=1S/C31H36FN5O2/c1-21(38)37(2)30(15-7-4-8-16-30)20-28(39)34-27-17-26(22-9-5-3-6-10-22)29(36-35-27)23-11-13-24(14-12-23)31(33)18-25(32)19-31/h3,5-6,9-14,17,25H,4,7-8,15-16,18-20,33H2,1-2H3,(H,34,35,39). The fraction of sp³-hybridized carbons (Fsp3) is 0.419. The first-order valence-electron chi connectivity index (χ1n) is 13.7. The number of nitrogens with two attached hydrogens (primary N) is 1. The number of hydrogen-bond donors (Lipinski definition) is 2. The molecule has 2 amide bonds. The smallest absolute Gasteiger partial charge is 0.227 e. The van der Waals surface area contributed by atoms with Crippen LogP contribution in [0.1, 0.15) is 63.9 Å². The Bertz CT molecular complexity index is 1330. The van der Waals surface area contributed by atoms with Crippen LogP contribution in [0.15, 0.2) is 60.7 Å². The number of anilines is 1. The van der Waals surface area contributed by atoms with Crippen LogP contribution in [0.4, 0.5) is 10.2 Å². The molecule has 2 saturated carbocycles. The van der Waals surface area contributed by atoms with Gasteiger partial charge in [-0.1, -0.05) is 73.9 Å². The first-order chi connectivity index (χ1) is 18.7. The van der Waals surface area contributed by atoms with Gasteiger partial charge in [0.15, 0.2) is 5.82 Å². The predicted molar refractivity (Wildman–Crippen MR) is 150 cm³/mol. The summed E-state index contributed by atoms with van der Waals surface area (Å²) in [5.74, 6) is 0.143. The summed E-state index contributed by atoms with van der Waals surface area (Å²) < 4.78 is 13.5. The van der Waals surface area contributed by atoms with Crippen molar-refractivity contribution in [2.75, 3.05) is 12.4 Å². The summed E-state index contributed by atoms with van der Waals surface area (Å²) >= 11 is 0. The summed E-state index contributed by atoms with van der Waals surface area (Å²) in [5.41, 5.74) is 9.48. The van der Waals surface area contributed by atoms with Crippen LogP contribution in [0.25, 0.3) is 22.4 Å². The average Bonchev–Trinajstić information content (AvgIpc) is 2.93. The Morgan fingerprint density at radius 3 is 2.28 bits per heavy atom. The maximum absolute atomic E-state index is 13.5. The molecule has 0 bridgehead atoms. The molecule has 2 aromatic carbocycles. The molecule has 0 radical (unpaired) electrons. The number of aromatic nitrogens is 2. The van der Waals surface area contributed by atoms with Gasteiger partial charge in [-0.15, -0.1) is 10.2 Å². The summed E-state index contributed by atoms with van der Waals surface area (Å²) in [6.07, 6.45) is 4.76. The normalized spacial score (nSPS) is 22.0. The number of carbonyl (C=O) groups excluding carboxylic acids is 2. The molecule has 2 aliphatic rings. The minimum Gasteiger partial charge on any atom is -0.340 e. The van der Waals surface area contributed by atoms with Crippen LogP contribution in [0.2, 0.25) is 0 Å². The zero-order chi connectivity index (χ0) is 27.6. The van der Waals surface area contributed by atoms with E-state index in [9.17, 15) is 14.0 Å². The topological polar surface area (TPSA) is 101 Å². The van der Waals surface area contributed by atoms with Crippen molar-refractivity contribution >= 4 is 17.6 Å². The quantitative estimate of drug-likeness (QED) is 0.415. The first-order valence-corrected chi connectivity index (χ1v) is 13.7. The van der Waals surface area contributed by atoms with Crippen molar-refractivity contribution in [2.24, 2.45) is 5.73 Å². The summed E-state index contributed by atoms with van der Waals surface area (Å²) in [4.78, 5) is 27.2. The fourth-order valence-corrected chi connectivity index (χ4v) is 6.09. The van der Waals surface area contributed by atoms with Crippen molar-refractivity contribution in [3.05, 3.63) is 66.2 Å². The zero-order valence-electron chi connectivity index (χ0n) is 22.6. The highest BCUT2D eigenvalue weighted by Crippen LogP contribution is 2.42.